The van der Waals surface area contributed by atoms with Crippen molar-refractivity contribution in [1.29, 1.82) is 0 Å². The van der Waals surface area contributed by atoms with E-state index in [0.29, 0.717) is 31.2 Å². The number of fused-ring (bicyclic) bond motifs is 1. The third-order valence-corrected chi connectivity index (χ3v) is 7.94. The molecule has 2 aliphatic heterocycles. The van der Waals surface area contributed by atoms with Gasteiger partial charge in [-0.1, -0.05) is 18.2 Å². The summed E-state index contributed by atoms with van der Waals surface area (Å²) in [5.41, 5.74) is 0.479. The van der Waals surface area contributed by atoms with E-state index in [-0.39, 0.29) is 102 Å². The highest BCUT2D eigenvalue weighted by atomic mass is 19.3. The first-order valence-electron chi connectivity index (χ1n) is 14.7. The normalized spacial score (nSPS) is 25.1. The topological polar surface area (TPSA) is 129 Å². The Bertz CT molecular complexity index is 1070. The Morgan fingerprint density at radius 2 is 1.71 bits per heavy atom. The number of nitrogens with one attached hydrogen (secondary N) is 3. The van der Waals surface area contributed by atoms with Gasteiger partial charge in [-0.05, 0) is 37.8 Å². The van der Waals surface area contributed by atoms with E-state index in [9.17, 15) is 28.0 Å². The Kier molecular flexibility index (Phi) is 11.6. The zero-order valence-electron chi connectivity index (χ0n) is 23.8. The molecule has 1 saturated carbocycles. The van der Waals surface area contributed by atoms with Crippen molar-refractivity contribution in [3.63, 3.8) is 0 Å². The van der Waals surface area contributed by atoms with Gasteiger partial charge in [-0.2, -0.15) is 0 Å². The summed E-state index contributed by atoms with van der Waals surface area (Å²) in [6.07, 6.45) is 1.28. The number of hydrogen-bond acceptors (Lipinski definition) is 7. The minimum atomic E-state index is -2.63. The van der Waals surface area contributed by atoms with Gasteiger partial charge < -0.3 is 35.2 Å². The van der Waals surface area contributed by atoms with E-state index in [0.717, 1.165) is 0 Å². The lowest BCUT2D eigenvalue weighted by atomic mass is 9.89. The number of hydrogen-bond donors (Lipinski definition) is 3. The average molecular weight is 594 g/mol. The van der Waals surface area contributed by atoms with Crippen LogP contribution in [-0.2, 0) is 23.9 Å². The lowest BCUT2D eigenvalue weighted by molar-refractivity contribution is -0.148. The average Bonchev–Trinajstić information content (AvgIpc) is 2.99. The molecule has 2 atom stereocenters. The number of carbonyl (C=O) groups excluding carboxylic acids is 4. The monoisotopic (exact) mass is 593 g/mol. The van der Waals surface area contributed by atoms with Crippen molar-refractivity contribution < 1.29 is 37.4 Å². The van der Waals surface area contributed by atoms with Crippen LogP contribution in [0, 0.1) is 0 Å². The molecule has 0 bridgehead atoms. The van der Waals surface area contributed by atoms with E-state index >= 15 is 0 Å². The summed E-state index contributed by atoms with van der Waals surface area (Å²) >= 11 is 0. The molecule has 2 saturated heterocycles. The first-order chi connectivity index (χ1) is 20.2. The van der Waals surface area contributed by atoms with Gasteiger partial charge in [-0.3, -0.25) is 19.2 Å². The van der Waals surface area contributed by atoms with Crippen molar-refractivity contribution in [3.05, 3.63) is 35.9 Å². The molecule has 2 heterocycles. The maximum Gasteiger partial charge on any atom is 0.251 e. The van der Waals surface area contributed by atoms with Crippen molar-refractivity contribution in [3.8, 4) is 0 Å². The van der Waals surface area contributed by atoms with E-state index in [1.807, 2.05) is 0 Å². The fourth-order valence-electron chi connectivity index (χ4n) is 5.58. The molecular formula is C29H41F2N5O6. The predicted molar refractivity (Wildman–Crippen MR) is 149 cm³/mol. The van der Waals surface area contributed by atoms with Gasteiger partial charge in [0.25, 0.3) is 5.91 Å². The number of nitrogens with zero attached hydrogens (tertiary/aromatic N) is 2. The molecule has 3 fully saturated rings. The lowest BCUT2D eigenvalue weighted by Crippen LogP contribution is -2.60. The Labute approximate surface area is 244 Å². The van der Waals surface area contributed by atoms with Crippen LogP contribution in [0.1, 0.15) is 48.9 Å². The number of halogens is 2. The predicted octanol–water partition coefficient (Wildman–Crippen LogP) is 0.935. The number of ether oxygens (including phenoxy) is 2. The van der Waals surface area contributed by atoms with E-state index in [1.54, 1.807) is 30.3 Å². The van der Waals surface area contributed by atoms with Crippen LogP contribution in [0.25, 0.3) is 0 Å². The summed E-state index contributed by atoms with van der Waals surface area (Å²) in [5.74, 6) is -4.06. The van der Waals surface area contributed by atoms with Crippen LogP contribution in [0.4, 0.5) is 8.78 Å². The molecule has 1 aromatic carbocycles. The van der Waals surface area contributed by atoms with Crippen molar-refractivity contribution in [2.45, 2.75) is 62.6 Å². The van der Waals surface area contributed by atoms with Crippen molar-refractivity contribution in [2.75, 3.05) is 59.2 Å². The second kappa shape index (κ2) is 15.4. The molecule has 42 heavy (non-hydrogen) atoms. The Balaban J connectivity index is 1.41. The van der Waals surface area contributed by atoms with Gasteiger partial charge in [0.1, 0.15) is 12.6 Å². The standard InChI is InChI=1S/C29H41F2N5O6/c30-29(31)9-6-22(7-10-29)34-23-8-13-36-24(18-23)28(40)33-12-15-41-16-17-42-20-26(38)35(19-25(36)37)14-11-32-27(39)21-4-2-1-3-5-21/h1-5,22-24,34H,6-20H2,(H,32,39)(H,33,40)/t23-,24-/m1/s1. The molecule has 11 nitrogen and oxygen atoms in total. The maximum absolute atomic E-state index is 13.6. The van der Waals surface area contributed by atoms with Crippen LogP contribution >= 0.6 is 0 Å². The van der Waals surface area contributed by atoms with Gasteiger partial charge in [0.2, 0.25) is 23.6 Å². The summed E-state index contributed by atoms with van der Waals surface area (Å²) in [6, 6.07) is 7.70. The van der Waals surface area contributed by atoms with E-state index in [1.165, 1.54) is 9.80 Å². The summed E-state index contributed by atoms with van der Waals surface area (Å²) in [4.78, 5) is 55.1. The molecule has 4 rings (SSSR count). The molecule has 0 spiro atoms. The van der Waals surface area contributed by atoms with Crippen LogP contribution in [0.3, 0.4) is 0 Å². The molecule has 13 heteroatoms. The van der Waals surface area contributed by atoms with Crippen molar-refractivity contribution in [1.82, 2.24) is 25.8 Å². The SMILES string of the molecule is O=C(NCCN1CC(=O)N2CC[C@@H](NC3CCC(F)(F)CC3)C[C@@H]2C(=O)NCCOCCOCC1=O)c1ccccc1. The van der Waals surface area contributed by atoms with Crippen LogP contribution in [0.15, 0.2) is 30.3 Å². The number of alkyl halides is 2. The minimum Gasteiger partial charge on any atom is -0.377 e. The van der Waals surface area contributed by atoms with Crippen molar-refractivity contribution in [2.24, 2.45) is 0 Å². The van der Waals surface area contributed by atoms with Crippen LogP contribution < -0.4 is 16.0 Å². The Morgan fingerprint density at radius 3 is 2.48 bits per heavy atom. The van der Waals surface area contributed by atoms with Gasteiger partial charge in [0, 0.05) is 56.7 Å². The molecule has 3 N–H and O–H groups in total. The smallest absolute Gasteiger partial charge is 0.251 e. The zero-order chi connectivity index (χ0) is 30.0. The second-order valence-electron chi connectivity index (χ2n) is 11.0. The molecule has 0 unspecified atom stereocenters. The summed E-state index contributed by atoms with van der Waals surface area (Å²) < 4.78 is 38.2. The number of benzene rings is 1. The number of carbonyl (C=O) groups is 4. The fourth-order valence-corrected chi connectivity index (χ4v) is 5.58. The molecule has 0 radical (unpaired) electrons. The third-order valence-electron chi connectivity index (χ3n) is 7.94. The van der Waals surface area contributed by atoms with Gasteiger partial charge in [-0.15, -0.1) is 0 Å². The zero-order valence-corrected chi connectivity index (χ0v) is 23.8. The summed E-state index contributed by atoms with van der Waals surface area (Å²) in [6.45, 7) is 0.830. The van der Waals surface area contributed by atoms with Crippen molar-refractivity contribution >= 4 is 23.6 Å². The van der Waals surface area contributed by atoms with Crippen LogP contribution in [0.2, 0.25) is 0 Å². The summed E-state index contributed by atoms with van der Waals surface area (Å²) in [7, 11) is 0. The molecule has 232 valence electrons. The quantitative estimate of drug-likeness (QED) is 0.448. The van der Waals surface area contributed by atoms with Crippen LogP contribution in [-0.4, -0.2) is 117 Å². The van der Waals surface area contributed by atoms with Gasteiger partial charge in [-0.25, -0.2) is 8.78 Å². The fraction of sp³-hybridized carbons (Fsp3) is 0.655. The number of rotatable bonds is 6. The summed E-state index contributed by atoms with van der Waals surface area (Å²) in [5, 5.41) is 9.05. The molecule has 1 aliphatic carbocycles. The molecule has 4 amide bonds. The minimum absolute atomic E-state index is 0.0604. The number of amides is 4. The van der Waals surface area contributed by atoms with E-state index in [2.05, 4.69) is 16.0 Å². The largest absolute Gasteiger partial charge is 0.377 e. The molecule has 3 aliphatic rings. The van der Waals surface area contributed by atoms with Gasteiger partial charge in [0.05, 0.1) is 26.4 Å². The second-order valence-corrected chi connectivity index (χ2v) is 11.0. The van der Waals surface area contributed by atoms with E-state index < -0.39 is 17.9 Å². The lowest BCUT2D eigenvalue weighted by Gasteiger charge is -2.41. The highest BCUT2D eigenvalue weighted by Gasteiger charge is 2.39. The Morgan fingerprint density at radius 1 is 0.976 bits per heavy atom. The first-order valence-corrected chi connectivity index (χ1v) is 14.7. The van der Waals surface area contributed by atoms with Gasteiger partial charge >= 0.3 is 0 Å². The maximum atomic E-state index is 13.6. The van der Waals surface area contributed by atoms with Crippen LogP contribution in [0.5, 0.6) is 0 Å². The van der Waals surface area contributed by atoms with E-state index in [4.69, 9.17) is 9.47 Å². The molecule has 1 aromatic rings. The molecule has 0 aromatic heterocycles. The number of piperidine rings is 1. The van der Waals surface area contributed by atoms with Gasteiger partial charge in [0.15, 0.2) is 0 Å². The highest BCUT2D eigenvalue weighted by molar-refractivity contribution is 5.94. The Hall–Kier alpha value is -3.16. The first kappa shape index (κ1) is 31.8. The molecular weight excluding hydrogens is 552 g/mol. The third kappa shape index (κ3) is 9.43. The highest BCUT2D eigenvalue weighted by Crippen LogP contribution is 2.33.